The molecule has 1 rings (SSSR count). The van der Waals surface area contributed by atoms with Gasteiger partial charge in [0.15, 0.2) is 0 Å². The first-order chi connectivity index (χ1) is 6.16. The van der Waals surface area contributed by atoms with Crippen molar-refractivity contribution in [2.45, 2.75) is 12.1 Å². The molecular formula is C8H11NO3S. The Morgan fingerprint density at radius 3 is 2.92 bits per heavy atom. The average molecular weight is 201 g/mol. The lowest BCUT2D eigenvalue weighted by Gasteiger charge is -2.14. The molecule has 1 heterocycles. The number of carbonyl (C=O) groups excluding carboxylic acids is 1. The SMILES string of the molecule is COC(=O)C(N)C(O)c1cccs1. The van der Waals surface area contributed by atoms with Crippen LogP contribution in [-0.2, 0) is 9.53 Å². The van der Waals surface area contributed by atoms with E-state index in [4.69, 9.17) is 5.73 Å². The van der Waals surface area contributed by atoms with Crippen LogP contribution in [0, 0.1) is 0 Å². The lowest BCUT2D eigenvalue weighted by molar-refractivity contribution is -0.144. The molecule has 0 bridgehead atoms. The molecule has 13 heavy (non-hydrogen) atoms. The highest BCUT2D eigenvalue weighted by atomic mass is 32.1. The normalized spacial score (nSPS) is 15.0. The Hall–Kier alpha value is -0.910. The van der Waals surface area contributed by atoms with Gasteiger partial charge in [0.25, 0.3) is 0 Å². The highest BCUT2D eigenvalue weighted by Crippen LogP contribution is 2.21. The first kappa shape index (κ1) is 10.2. The van der Waals surface area contributed by atoms with Crippen LogP contribution >= 0.6 is 11.3 Å². The van der Waals surface area contributed by atoms with Crippen LogP contribution in [0.25, 0.3) is 0 Å². The van der Waals surface area contributed by atoms with E-state index in [1.165, 1.54) is 18.4 Å². The molecule has 0 aromatic carbocycles. The summed E-state index contributed by atoms with van der Waals surface area (Å²) in [6.45, 7) is 0. The summed E-state index contributed by atoms with van der Waals surface area (Å²) in [5.41, 5.74) is 5.44. The fraction of sp³-hybridized carbons (Fsp3) is 0.375. The highest BCUT2D eigenvalue weighted by Gasteiger charge is 2.25. The van der Waals surface area contributed by atoms with Crippen LogP contribution in [0.3, 0.4) is 0 Å². The summed E-state index contributed by atoms with van der Waals surface area (Å²) in [7, 11) is 1.24. The number of nitrogens with two attached hydrogens (primary N) is 1. The van der Waals surface area contributed by atoms with Gasteiger partial charge >= 0.3 is 5.97 Å². The molecule has 1 aromatic rings. The van der Waals surface area contributed by atoms with Crippen molar-refractivity contribution < 1.29 is 14.6 Å². The predicted octanol–water partition coefficient (Wildman–Crippen LogP) is 0.282. The molecule has 0 saturated carbocycles. The molecular weight excluding hydrogens is 190 g/mol. The van der Waals surface area contributed by atoms with Crippen molar-refractivity contribution >= 4 is 17.3 Å². The highest BCUT2D eigenvalue weighted by molar-refractivity contribution is 7.10. The largest absolute Gasteiger partial charge is 0.468 e. The van der Waals surface area contributed by atoms with E-state index >= 15 is 0 Å². The first-order valence-corrected chi connectivity index (χ1v) is 4.59. The second-order valence-electron chi connectivity index (χ2n) is 2.51. The van der Waals surface area contributed by atoms with Gasteiger partial charge in [-0.15, -0.1) is 11.3 Å². The van der Waals surface area contributed by atoms with Gasteiger partial charge in [0.1, 0.15) is 12.1 Å². The van der Waals surface area contributed by atoms with Crippen LogP contribution in [0.1, 0.15) is 11.0 Å². The summed E-state index contributed by atoms with van der Waals surface area (Å²) < 4.78 is 4.41. The van der Waals surface area contributed by atoms with Crippen molar-refractivity contribution in [2.24, 2.45) is 5.73 Å². The topological polar surface area (TPSA) is 72.5 Å². The summed E-state index contributed by atoms with van der Waals surface area (Å²) in [4.78, 5) is 11.6. The number of rotatable bonds is 3. The van der Waals surface area contributed by atoms with Crippen molar-refractivity contribution in [3.8, 4) is 0 Å². The fourth-order valence-electron chi connectivity index (χ4n) is 0.902. The molecule has 2 unspecified atom stereocenters. The van der Waals surface area contributed by atoms with Gasteiger partial charge < -0.3 is 15.6 Å². The number of methoxy groups -OCH3 is 1. The first-order valence-electron chi connectivity index (χ1n) is 3.71. The number of aliphatic hydroxyl groups excluding tert-OH is 1. The Balaban J connectivity index is 2.68. The second kappa shape index (κ2) is 4.36. The van der Waals surface area contributed by atoms with Crippen LogP contribution in [-0.4, -0.2) is 24.2 Å². The number of aliphatic hydroxyl groups is 1. The van der Waals surface area contributed by atoms with Crippen LogP contribution in [0.5, 0.6) is 0 Å². The summed E-state index contributed by atoms with van der Waals surface area (Å²) in [6.07, 6.45) is -0.979. The van der Waals surface area contributed by atoms with Gasteiger partial charge in [0, 0.05) is 4.88 Å². The molecule has 0 radical (unpaired) electrons. The summed E-state index contributed by atoms with van der Waals surface area (Å²) >= 11 is 1.35. The second-order valence-corrected chi connectivity index (χ2v) is 3.49. The van der Waals surface area contributed by atoms with Crippen molar-refractivity contribution in [3.63, 3.8) is 0 Å². The zero-order chi connectivity index (χ0) is 9.84. The van der Waals surface area contributed by atoms with Gasteiger partial charge in [0.05, 0.1) is 7.11 Å². The molecule has 3 N–H and O–H groups in total. The van der Waals surface area contributed by atoms with Gasteiger partial charge in [-0.25, -0.2) is 0 Å². The Morgan fingerprint density at radius 2 is 2.46 bits per heavy atom. The Labute approximate surface area is 79.9 Å². The number of thiophene rings is 1. The maximum absolute atomic E-state index is 10.9. The maximum atomic E-state index is 10.9. The van der Waals surface area contributed by atoms with Crippen molar-refractivity contribution in [2.75, 3.05) is 7.11 Å². The zero-order valence-electron chi connectivity index (χ0n) is 7.14. The van der Waals surface area contributed by atoms with Crippen LogP contribution in [0.15, 0.2) is 17.5 Å². The summed E-state index contributed by atoms with van der Waals surface area (Å²) in [5, 5.41) is 11.4. The fourth-order valence-corrected chi connectivity index (χ4v) is 1.66. The smallest absolute Gasteiger partial charge is 0.325 e. The maximum Gasteiger partial charge on any atom is 0.325 e. The minimum absolute atomic E-state index is 0.610. The van der Waals surface area contributed by atoms with E-state index in [0.29, 0.717) is 4.88 Å². The lowest BCUT2D eigenvalue weighted by Crippen LogP contribution is -2.37. The third-order valence-electron chi connectivity index (χ3n) is 1.65. The molecule has 0 amide bonds. The molecule has 5 heteroatoms. The van der Waals surface area contributed by atoms with Crippen molar-refractivity contribution in [1.82, 2.24) is 0 Å². The number of hydrogen-bond donors (Lipinski definition) is 2. The monoisotopic (exact) mass is 201 g/mol. The molecule has 0 aliphatic rings. The number of ether oxygens (including phenoxy) is 1. The van der Waals surface area contributed by atoms with Gasteiger partial charge in [-0.3, -0.25) is 4.79 Å². The molecule has 72 valence electrons. The molecule has 1 aromatic heterocycles. The lowest BCUT2D eigenvalue weighted by atomic mass is 10.1. The third-order valence-corrected chi connectivity index (χ3v) is 2.59. The number of carbonyl (C=O) groups is 1. The van der Waals surface area contributed by atoms with Gasteiger partial charge in [-0.05, 0) is 11.4 Å². The average Bonchev–Trinajstić information content (AvgIpc) is 2.67. The van der Waals surface area contributed by atoms with E-state index in [1.807, 2.05) is 5.38 Å². The van der Waals surface area contributed by atoms with E-state index in [-0.39, 0.29) is 0 Å². The van der Waals surface area contributed by atoms with E-state index in [2.05, 4.69) is 4.74 Å². The summed E-state index contributed by atoms with van der Waals surface area (Å²) in [6, 6.07) is 2.49. The van der Waals surface area contributed by atoms with Gasteiger partial charge in [-0.1, -0.05) is 6.07 Å². The van der Waals surface area contributed by atoms with Crippen LogP contribution < -0.4 is 5.73 Å². The Morgan fingerprint density at radius 1 is 1.77 bits per heavy atom. The summed E-state index contributed by atoms with van der Waals surface area (Å²) in [5.74, 6) is -0.610. The molecule has 2 atom stereocenters. The number of hydrogen-bond acceptors (Lipinski definition) is 5. The standard InChI is InChI=1S/C8H11NO3S/c1-12-8(11)6(9)7(10)5-3-2-4-13-5/h2-4,6-7,10H,9H2,1H3. The van der Waals surface area contributed by atoms with Crippen LogP contribution in [0.2, 0.25) is 0 Å². The molecule has 0 spiro atoms. The molecule has 0 aliphatic heterocycles. The van der Waals surface area contributed by atoms with E-state index in [9.17, 15) is 9.90 Å². The molecule has 0 saturated heterocycles. The van der Waals surface area contributed by atoms with E-state index < -0.39 is 18.1 Å². The van der Waals surface area contributed by atoms with Crippen molar-refractivity contribution in [3.05, 3.63) is 22.4 Å². The third kappa shape index (κ3) is 2.27. The Kier molecular flexibility index (Phi) is 3.41. The van der Waals surface area contributed by atoms with Crippen molar-refractivity contribution in [1.29, 1.82) is 0 Å². The predicted molar refractivity (Wildman–Crippen MR) is 49.3 cm³/mol. The van der Waals surface area contributed by atoms with Gasteiger partial charge in [0.2, 0.25) is 0 Å². The number of esters is 1. The minimum Gasteiger partial charge on any atom is -0.468 e. The Bertz CT molecular complexity index is 273. The van der Waals surface area contributed by atoms with E-state index in [1.54, 1.807) is 12.1 Å². The van der Waals surface area contributed by atoms with Gasteiger partial charge in [-0.2, -0.15) is 0 Å². The zero-order valence-corrected chi connectivity index (χ0v) is 7.95. The molecule has 0 aliphatic carbocycles. The molecule has 0 fully saturated rings. The van der Waals surface area contributed by atoms with E-state index in [0.717, 1.165) is 0 Å². The minimum atomic E-state index is -1.01. The quantitative estimate of drug-likeness (QED) is 0.689. The van der Waals surface area contributed by atoms with Crippen LogP contribution in [0.4, 0.5) is 0 Å². The molecule has 4 nitrogen and oxygen atoms in total.